The highest BCUT2D eigenvalue weighted by molar-refractivity contribution is 7.99. The molecule has 5 nitrogen and oxygen atoms in total. The number of nitrogens with zero attached hydrogens (tertiary/aromatic N) is 3. The molecule has 2 atom stereocenters. The fourth-order valence-corrected chi connectivity index (χ4v) is 4.70. The maximum atomic E-state index is 12.5. The molecule has 0 radical (unpaired) electrons. The standard InChI is InChI=1S/C18H28N4OS/c1-2-24-17-7-6-15(13-17)20-18(23)22-11-9-21(10-12-22)14-16-5-3-4-8-19-16/h3-5,8,15,17H,2,6-7,9-14H2,1H3,(H,20,23). The number of rotatable bonds is 5. The summed E-state index contributed by atoms with van der Waals surface area (Å²) in [5.74, 6) is 1.17. The molecule has 24 heavy (non-hydrogen) atoms. The minimum atomic E-state index is 0.125. The van der Waals surface area contributed by atoms with Gasteiger partial charge in [0.15, 0.2) is 0 Å². The van der Waals surface area contributed by atoms with Crippen LogP contribution in [0.1, 0.15) is 31.9 Å². The number of thioether (sulfide) groups is 1. The van der Waals surface area contributed by atoms with Crippen LogP contribution in [0.25, 0.3) is 0 Å². The second-order valence-electron chi connectivity index (χ2n) is 6.62. The van der Waals surface area contributed by atoms with Crippen molar-refractivity contribution in [2.75, 3.05) is 31.9 Å². The zero-order chi connectivity index (χ0) is 16.8. The minimum absolute atomic E-state index is 0.125. The first kappa shape index (κ1) is 17.5. The van der Waals surface area contributed by atoms with E-state index in [1.54, 1.807) is 0 Å². The van der Waals surface area contributed by atoms with Gasteiger partial charge in [0.05, 0.1) is 5.69 Å². The number of carbonyl (C=O) groups is 1. The van der Waals surface area contributed by atoms with Crippen molar-refractivity contribution >= 4 is 17.8 Å². The summed E-state index contributed by atoms with van der Waals surface area (Å²) >= 11 is 2.03. The van der Waals surface area contributed by atoms with Gasteiger partial charge in [-0.25, -0.2) is 4.79 Å². The largest absolute Gasteiger partial charge is 0.335 e. The summed E-state index contributed by atoms with van der Waals surface area (Å²) in [7, 11) is 0. The molecule has 1 saturated carbocycles. The van der Waals surface area contributed by atoms with E-state index in [9.17, 15) is 4.79 Å². The van der Waals surface area contributed by atoms with E-state index in [0.717, 1.165) is 56.5 Å². The van der Waals surface area contributed by atoms with Crippen molar-refractivity contribution in [2.45, 2.75) is 44.0 Å². The van der Waals surface area contributed by atoms with Gasteiger partial charge in [-0.2, -0.15) is 11.8 Å². The molecule has 132 valence electrons. The quantitative estimate of drug-likeness (QED) is 0.888. The lowest BCUT2D eigenvalue weighted by Crippen LogP contribution is -2.53. The number of aromatic nitrogens is 1. The van der Waals surface area contributed by atoms with Gasteiger partial charge >= 0.3 is 6.03 Å². The van der Waals surface area contributed by atoms with Crippen LogP contribution in [0.4, 0.5) is 4.79 Å². The van der Waals surface area contributed by atoms with Crippen LogP contribution in [-0.2, 0) is 6.54 Å². The second-order valence-corrected chi connectivity index (χ2v) is 8.20. The van der Waals surface area contributed by atoms with Gasteiger partial charge in [-0.05, 0) is 37.1 Å². The lowest BCUT2D eigenvalue weighted by Gasteiger charge is -2.35. The minimum Gasteiger partial charge on any atom is -0.335 e. The number of hydrogen-bond donors (Lipinski definition) is 1. The first-order valence-corrected chi connectivity index (χ1v) is 10.1. The van der Waals surface area contributed by atoms with Gasteiger partial charge in [0.1, 0.15) is 0 Å². The van der Waals surface area contributed by atoms with Crippen LogP contribution < -0.4 is 5.32 Å². The average molecular weight is 349 g/mol. The maximum Gasteiger partial charge on any atom is 0.317 e. The summed E-state index contributed by atoms with van der Waals surface area (Å²) in [5, 5.41) is 3.98. The Morgan fingerprint density at radius 2 is 2.12 bits per heavy atom. The molecule has 0 aromatic carbocycles. The molecule has 1 aliphatic carbocycles. The molecule has 2 unspecified atom stereocenters. The van der Waals surface area contributed by atoms with Crippen LogP contribution >= 0.6 is 11.8 Å². The van der Waals surface area contributed by atoms with E-state index >= 15 is 0 Å². The van der Waals surface area contributed by atoms with Crippen LogP contribution in [0.3, 0.4) is 0 Å². The summed E-state index contributed by atoms with van der Waals surface area (Å²) in [5.41, 5.74) is 1.10. The van der Waals surface area contributed by atoms with E-state index in [0.29, 0.717) is 6.04 Å². The van der Waals surface area contributed by atoms with Crippen LogP contribution in [0.5, 0.6) is 0 Å². The molecule has 6 heteroatoms. The van der Waals surface area contributed by atoms with Crippen LogP contribution in [0.15, 0.2) is 24.4 Å². The molecule has 2 aliphatic rings. The normalized spacial score (nSPS) is 25.0. The Hall–Kier alpha value is -1.27. The van der Waals surface area contributed by atoms with Gasteiger partial charge in [0.25, 0.3) is 0 Å². The molecular weight excluding hydrogens is 320 g/mol. The lowest BCUT2D eigenvalue weighted by atomic mass is 10.2. The predicted octanol–water partition coefficient (Wildman–Crippen LogP) is 2.58. The third-order valence-corrected chi connectivity index (χ3v) is 6.12. The van der Waals surface area contributed by atoms with E-state index in [1.807, 2.05) is 35.0 Å². The van der Waals surface area contributed by atoms with Gasteiger partial charge in [-0.3, -0.25) is 9.88 Å². The molecule has 1 aromatic rings. The molecular formula is C18H28N4OS. The Bertz CT molecular complexity index is 519. The fourth-order valence-electron chi connectivity index (χ4n) is 3.55. The van der Waals surface area contributed by atoms with E-state index in [1.165, 1.54) is 12.2 Å². The smallest absolute Gasteiger partial charge is 0.317 e. The van der Waals surface area contributed by atoms with E-state index < -0.39 is 0 Å². The van der Waals surface area contributed by atoms with Crippen molar-refractivity contribution in [3.05, 3.63) is 30.1 Å². The molecule has 2 heterocycles. The molecule has 1 aliphatic heterocycles. The van der Waals surface area contributed by atoms with Crippen LogP contribution in [0.2, 0.25) is 0 Å². The van der Waals surface area contributed by atoms with Gasteiger partial charge in [-0.15, -0.1) is 0 Å². The number of pyridine rings is 1. The Morgan fingerprint density at radius 1 is 1.29 bits per heavy atom. The molecule has 1 N–H and O–H groups in total. The van der Waals surface area contributed by atoms with Gasteiger partial charge in [0.2, 0.25) is 0 Å². The van der Waals surface area contributed by atoms with Gasteiger partial charge in [-0.1, -0.05) is 13.0 Å². The highest BCUT2D eigenvalue weighted by atomic mass is 32.2. The number of hydrogen-bond acceptors (Lipinski definition) is 4. The highest BCUT2D eigenvalue weighted by Gasteiger charge is 2.28. The molecule has 2 fully saturated rings. The highest BCUT2D eigenvalue weighted by Crippen LogP contribution is 2.29. The first-order valence-electron chi connectivity index (χ1n) is 9.04. The number of nitrogens with one attached hydrogen (secondary N) is 1. The SMILES string of the molecule is CCSC1CCC(NC(=O)N2CCN(Cc3ccccn3)CC2)C1. The zero-order valence-corrected chi connectivity index (χ0v) is 15.3. The summed E-state index contributed by atoms with van der Waals surface area (Å²) in [6.07, 6.45) is 5.33. The second kappa shape index (κ2) is 8.72. The Labute approximate surface area is 149 Å². The average Bonchev–Trinajstić information content (AvgIpc) is 3.04. The summed E-state index contributed by atoms with van der Waals surface area (Å²) < 4.78 is 0. The lowest BCUT2D eigenvalue weighted by molar-refractivity contribution is 0.132. The molecule has 2 amide bonds. The van der Waals surface area contributed by atoms with E-state index in [4.69, 9.17) is 0 Å². The molecule has 1 aromatic heterocycles. The maximum absolute atomic E-state index is 12.5. The van der Waals surface area contributed by atoms with Gasteiger partial charge in [0, 0.05) is 50.2 Å². The molecule has 3 rings (SSSR count). The van der Waals surface area contributed by atoms with Crippen molar-refractivity contribution in [1.29, 1.82) is 0 Å². The third kappa shape index (κ3) is 4.86. The summed E-state index contributed by atoms with van der Waals surface area (Å²) in [4.78, 5) is 21.2. The van der Waals surface area contributed by atoms with Crippen molar-refractivity contribution in [1.82, 2.24) is 20.1 Å². The number of urea groups is 1. The number of carbonyl (C=O) groups excluding carboxylic acids is 1. The van der Waals surface area contributed by atoms with Gasteiger partial charge < -0.3 is 10.2 Å². The Kier molecular flexibility index (Phi) is 6.37. The Morgan fingerprint density at radius 3 is 2.83 bits per heavy atom. The zero-order valence-electron chi connectivity index (χ0n) is 14.5. The first-order chi connectivity index (χ1) is 11.7. The summed E-state index contributed by atoms with van der Waals surface area (Å²) in [6, 6.07) is 6.52. The fraction of sp³-hybridized carbons (Fsp3) is 0.667. The van der Waals surface area contributed by atoms with E-state index in [2.05, 4.69) is 28.2 Å². The van der Waals surface area contributed by atoms with Crippen LogP contribution in [-0.4, -0.2) is 64.0 Å². The predicted molar refractivity (Wildman–Crippen MR) is 99.2 cm³/mol. The monoisotopic (exact) mass is 348 g/mol. The Balaban J connectivity index is 1.39. The molecule has 0 spiro atoms. The van der Waals surface area contributed by atoms with Crippen molar-refractivity contribution in [3.63, 3.8) is 0 Å². The summed E-state index contributed by atoms with van der Waals surface area (Å²) in [6.45, 7) is 6.53. The molecule has 1 saturated heterocycles. The number of amides is 2. The van der Waals surface area contributed by atoms with Crippen molar-refractivity contribution < 1.29 is 4.79 Å². The van der Waals surface area contributed by atoms with Crippen molar-refractivity contribution in [2.24, 2.45) is 0 Å². The number of piperazine rings is 1. The van der Waals surface area contributed by atoms with E-state index in [-0.39, 0.29) is 6.03 Å². The topological polar surface area (TPSA) is 48.5 Å². The molecule has 0 bridgehead atoms. The third-order valence-electron chi connectivity index (χ3n) is 4.89. The van der Waals surface area contributed by atoms with Crippen LogP contribution in [0, 0.1) is 0 Å². The van der Waals surface area contributed by atoms with Crippen molar-refractivity contribution in [3.8, 4) is 0 Å².